The van der Waals surface area contributed by atoms with E-state index in [1.807, 2.05) is 0 Å². The van der Waals surface area contributed by atoms with Crippen LogP contribution < -0.4 is 0 Å². The summed E-state index contributed by atoms with van der Waals surface area (Å²) >= 11 is 0. The number of unbranched alkanes of at least 4 members (excludes halogenated alkanes) is 4. The lowest BCUT2D eigenvalue weighted by molar-refractivity contribution is 0.343. The van der Waals surface area contributed by atoms with E-state index in [4.69, 9.17) is 4.74 Å². The van der Waals surface area contributed by atoms with Crippen LogP contribution in [0.15, 0.2) is 0 Å². The van der Waals surface area contributed by atoms with Gasteiger partial charge in [0.2, 0.25) is 0 Å². The molecule has 2 aliphatic rings. The van der Waals surface area contributed by atoms with Crippen LogP contribution in [0.1, 0.15) is 64.7 Å². The molecule has 1 saturated carbocycles. The summed E-state index contributed by atoms with van der Waals surface area (Å²) in [5, 5.41) is 0. The zero-order valence-electron chi connectivity index (χ0n) is 9.50. The van der Waals surface area contributed by atoms with Gasteiger partial charge in [-0.1, -0.05) is 45.4 Å². The monoisotopic (exact) mass is 196 g/mol. The van der Waals surface area contributed by atoms with Crippen LogP contribution in [0.4, 0.5) is 0 Å². The van der Waals surface area contributed by atoms with Gasteiger partial charge in [-0.2, -0.15) is 0 Å². The van der Waals surface area contributed by atoms with Gasteiger partial charge in [-0.3, -0.25) is 0 Å². The molecule has 1 saturated heterocycles. The fourth-order valence-electron chi connectivity index (χ4n) is 2.79. The maximum absolute atomic E-state index is 5.55. The Bertz CT molecular complexity index is 167. The minimum atomic E-state index is 0.685. The van der Waals surface area contributed by atoms with E-state index in [0.29, 0.717) is 12.2 Å². The Kier molecular flexibility index (Phi) is 3.86. The highest BCUT2D eigenvalue weighted by Crippen LogP contribution is 2.41. The second kappa shape index (κ2) is 5.16. The molecule has 3 unspecified atom stereocenters. The number of hydrogen-bond acceptors (Lipinski definition) is 1. The second-order valence-corrected chi connectivity index (χ2v) is 5.09. The van der Waals surface area contributed by atoms with Crippen molar-refractivity contribution in [2.24, 2.45) is 5.92 Å². The minimum absolute atomic E-state index is 0.685. The smallest absolute Gasteiger partial charge is 0.0844 e. The summed E-state index contributed by atoms with van der Waals surface area (Å²) in [4.78, 5) is 0. The first kappa shape index (κ1) is 10.5. The standard InChI is InChI=1S/C13H24O/c1-2-3-4-5-6-7-11-8-9-12-13(10-11)14-12/h11-13H,2-10H2,1H3. The Morgan fingerprint density at radius 2 is 1.86 bits per heavy atom. The second-order valence-electron chi connectivity index (χ2n) is 5.09. The van der Waals surface area contributed by atoms with Crippen molar-refractivity contribution < 1.29 is 4.74 Å². The molecule has 14 heavy (non-hydrogen) atoms. The molecule has 0 spiro atoms. The Morgan fingerprint density at radius 3 is 2.64 bits per heavy atom. The van der Waals surface area contributed by atoms with Crippen LogP contribution in [0, 0.1) is 5.92 Å². The third-order valence-corrected chi connectivity index (χ3v) is 3.83. The molecule has 0 aromatic carbocycles. The van der Waals surface area contributed by atoms with Crippen LogP contribution >= 0.6 is 0 Å². The van der Waals surface area contributed by atoms with Gasteiger partial charge < -0.3 is 4.74 Å². The van der Waals surface area contributed by atoms with Crippen molar-refractivity contribution in [3.05, 3.63) is 0 Å². The largest absolute Gasteiger partial charge is 0.370 e. The van der Waals surface area contributed by atoms with E-state index in [9.17, 15) is 0 Å². The molecule has 1 aliphatic heterocycles. The third-order valence-electron chi connectivity index (χ3n) is 3.83. The highest BCUT2D eigenvalue weighted by Gasteiger charge is 2.43. The van der Waals surface area contributed by atoms with E-state index in [1.165, 1.54) is 57.8 Å². The maximum Gasteiger partial charge on any atom is 0.0844 e. The summed E-state index contributed by atoms with van der Waals surface area (Å²) in [6.07, 6.45) is 14.2. The zero-order chi connectivity index (χ0) is 9.80. The van der Waals surface area contributed by atoms with Gasteiger partial charge in [0.15, 0.2) is 0 Å². The fourth-order valence-corrected chi connectivity index (χ4v) is 2.79. The predicted molar refractivity (Wildman–Crippen MR) is 59.4 cm³/mol. The summed E-state index contributed by atoms with van der Waals surface area (Å²) in [7, 11) is 0. The molecule has 0 amide bonds. The van der Waals surface area contributed by atoms with Crippen LogP contribution in [-0.2, 0) is 4.74 Å². The molecule has 1 heterocycles. The Labute approximate surface area is 88.2 Å². The molecule has 0 aromatic rings. The van der Waals surface area contributed by atoms with E-state index in [1.54, 1.807) is 0 Å². The SMILES string of the molecule is CCCCCCCC1CCC2OC2C1. The highest BCUT2D eigenvalue weighted by atomic mass is 16.6. The summed E-state index contributed by atoms with van der Waals surface area (Å²) in [5.74, 6) is 1.00. The Morgan fingerprint density at radius 1 is 1.00 bits per heavy atom. The third kappa shape index (κ3) is 2.98. The normalized spacial score (nSPS) is 35.4. The van der Waals surface area contributed by atoms with Crippen molar-refractivity contribution in [3.63, 3.8) is 0 Å². The Balaban J connectivity index is 1.48. The molecule has 0 radical (unpaired) electrons. The average molecular weight is 196 g/mol. The first-order valence-electron chi connectivity index (χ1n) is 6.55. The first-order chi connectivity index (χ1) is 6.90. The summed E-state index contributed by atoms with van der Waals surface area (Å²) in [6.45, 7) is 2.28. The van der Waals surface area contributed by atoms with E-state index >= 15 is 0 Å². The van der Waals surface area contributed by atoms with Gasteiger partial charge >= 0.3 is 0 Å². The summed E-state index contributed by atoms with van der Waals surface area (Å²) < 4.78 is 5.55. The van der Waals surface area contributed by atoms with Gasteiger partial charge in [-0.25, -0.2) is 0 Å². The summed E-state index contributed by atoms with van der Waals surface area (Å²) in [5.41, 5.74) is 0. The van der Waals surface area contributed by atoms with E-state index < -0.39 is 0 Å². The van der Waals surface area contributed by atoms with Crippen LogP contribution in [0.25, 0.3) is 0 Å². The van der Waals surface area contributed by atoms with Gasteiger partial charge in [0.25, 0.3) is 0 Å². The van der Waals surface area contributed by atoms with Crippen LogP contribution in [0.5, 0.6) is 0 Å². The van der Waals surface area contributed by atoms with Crippen molar-refractivity contribution in [2.45, 2.75) is 76.9 Å². The number of rotatable bonds is 6. The molecular formula is C13H24O. The maximum atomic E-state index is 5.55. The lowest BCUT2D eigenvalue weighted by atomic mass is 9.85. The lowest BCUT2D eigenvalue weighted by Gasteiger charge is -2.18. The Hall–Kier alpha value is -0.0400. The van der Waals surface area contributed by atoms with Gasteiger partial charge in [0, 0.05) is 0 Å². The van der Waals surface area contributed by atoms with E-state index in [-0.39, 0.29) is 0 Å². The van der Waals surface area contributed by atoms with Gasteiger partial charge in [-0.15, -0.1) is 0 Å². The lowest BCUT2D eigenvalue weighted by Crippen LogP contribution is -2.13. The summed E-state index contributed by atoms with van der Waals surface area (Å²) in [6, 6.07) is 0. The molecule has 0 bridgehead atoms. The van der Waals surface area contributed by atoms with Crippen LogP contribution in [-0.4, -0.2) is 12.2 Å². The molecule has 1 aliphatic carbocycles. The fraction of sp³-hybridized carbons (Fsp3) is 1.00. The van der Waals surface area contributed by atoms with E-state index in [2.05, 4.69) is 6.92 Å². The van der Waals surface area contributed by atoms with Gasteiger partial charge in [0.05, 0.1) is 12.2 Å². The molecule has 2 rings (SSSR count). The topological polar surface area (TPSA) is 12.5 Å². The highest BCUT2D eigenvalue weighted by molar-refractivity contribution is 4.91. The van der Waals surface area contributed by atoms with Gasteiger partial charge in [-0.05, 0) is 25.2 Å². The van der Waals surface area contributed by atoms with Gasteiger partial charge in [0.1, 0.15) is 0 Å². The van der Waals surface area contributed by atoms with Crippen molar-refractivity contribution in [3.8, 4) is 0 Å². The first-order valence-corrected chi connectivity index (χ1v) is 6.55. The minimum Gasteiger partial charge on any atom is -0.370 e. The van der Waals surface area contributed by atoms with Crippen LogP contribution in [0.3, 0.4) is 0 Å². The molecule has 1 heteroatoms. The number of epoxide rings is 1. The predicted octanol–water partition coefficient (Wildman–Crippen LogP) is 3.91. The number of ether oxygens (including phenoxy) is 1. The molecule has 82 valence electrons. The number of hydrogen-bond donors (Lipinski definition) is 0. The average Bonchev–Trinajstić information content (AvgIpc) is 2.95. The zero-order valence-corrected chi connectivity index (χ0v) is 9.50. The molecule has 0 N–H and O–H groups in total. The van der Waals surface area contributed by atoms with Crippen LogP contribution in [0.2, 0.25) is 0 Å². The van der Waals surface area contributed by atoms with Crippen molar-refractivity contribution in [1.29, 1.82) is 0 Å². The molecule has 3 atom stereocenters. The number of fused-ring (bicyclic) bond motifs is 1. The van der Waals surface area contributed by atoms with Crippen molar-refractivity contribution >= 4 is 0 Å². The molecule has 2 fully saturated rings. The molecular weight excluding hydrogens is 172 g/mol. The molecule has 0 aromatic heterocycles. The quantitative estimate of drug-likeness (QED) is 0.463. The van der Waals surface area contributed by atoms with E-state index in [0.717, 1.165) is 5.92 Å². The van der Waals surface area contributed by atoms with Crippen molar-refractivity contribution in [2.75, 3.05) is 0 Å². The van der Waals surface area contributed by atoms with Crippen molar-refractivity contribution in [1.82, 2.24) is 0 Å². The molecule has 1 nitrogen and oxygen atoms in total.